The lowest BCUT2D eigenvalue weighted by molar-refractivity contribution is -0.276. The summed E-state index contributed by atoms with van der Waals surface area (Å²) >= 11 is 0. The van der Waals surface area contributed by atoms with Crippen molar-refractivity contribution in [2.45, 2.75) is 88.9 Å². The number of unbranched alkanes of at least 4 members (excludes halogenated alkanes) is 5. The molecule has 1 rings (SSSR count). The number of rotatable bonds is 12. The number of esters is 1. The van der Waals surface area contributed by atoms with E-state index in [-0.39, 0.29) is 18.5 Å². The van der Waals surface area contributed by atoms with Crippen LogP contribution in [0.2, 0.25) is 0 Å². The van der Waals surface area contributed by atoms with E-state index in [1.807, 2.05) is 0 Å². The molecular weight excluding hydrogens is 312 g/mol. The largest absolute Gasteiger partial charge is 0.481 e. The summed E-state index contributed by atoms with van der Waals surface area (Å²) in [6, 6.07) is 0. The van der Waals surface area contributed by atoms with Crippen LogP contribution in [-0.4, -0.2) is 43.2 Å². The standard InChI is InChI=1S/C18H32O6/c1-22-15-11-9-10-14-18(15,23-2)24-17(21)13-8-6-4-3-5-7-12-16(19)20/h15H,3-14H2,1-2H3,(H,19,20). The Morgan fingerprint density at radius 3 is 2.21 bits per heavy atom. The third-order valence-electron chi connectivity index (χ3n) is 4.67. The van der Waals surface area contributed by atoms with E-state index in [2.05, 4.69) is 0 Å². The molecule has 0 bridgehead atoms. The first-order valence-corrected chi connectivity index (χ1v) is 9.05. The fourth-order valence-corrected chi connectivity index (χ4v) is 3.27. The summed E-state index contributed by atoms with van der Waals surface area (Å²) in [5.41, 5.74) is 0. The van der Waals surface area contributed by atoms with Crippen molar-refractivity contribution in [3.8, 4) is 0 Å². The smallest absolute Gasteiger partial charge is 0.308 e. The summed E-state index contributed by atoms with van der Waals surface area (Å²) in [7, 11) is 3.20. The molecule has 0 aromatic heterocycles. The highest BCUT2D eigenvalue weighted by Gasteiger charge is 2.45. The number of methoxy groups -OCH3 is 2. The first kappa shape index (κ1) is 20.9. The molecule has 6 heteroatoms. The van der Waals surface area contributed by atoms with Crippen molar-refractivity contribution >= 4 is 11.9 Å². The van der Waals surface area contributed by atoms with Crippen LogP contribution in [0.4, 0.5) is 0 Å². The number of aliphatic carboxylic acids is 1. The van der Waals surface area contributed by atoms with Gasteiger partial charge in [0.2, 0.25) is 5.79 Å². The Hall–Kier alpha value is -1.14. The number of hydrogen-bond donors (Lipinski definition) is 1. The van der Waals surface area contributed by atoms with Crippen molar-refractivity contribution in [2.75, 3.05) is 14.2 Å². The van der Waals surface area contributed by atoms with Gasteiger partial charge < -0.3 is 19.3 Å². The second kappa shape index (κ2) is 11.4. The first-order valence-electron chi connectivity index (χ1n) is 9.05. The van der Waals surface area contributed by atoms with Gasteiger partial charge in [0.15, 0.2) is 0 Å². The molecular formula is C18H32O6. The maximum Gasteiger partial charge on any atom is 0.308 e. The molecule has 2 unspecified atom stereocenters. The van der Waals surface area contributed by atoms with Crippen LogP contribution in [0.25, 0.3) is 0 Å². The zero-order chi connectivity index (χ0) is 17.8. The second-order valence-corrected chi connectivity index (χ2v) is 6.48. The highest BCUT2D eigenvalue weighted by Crippen LogP contribution is 2.35. The SMILES string of the molecule is COC1CCCCC1(OC)OC(=O)CCCCCCCCC(=O)O. The minimum absolute atomic E-state index is 0.200. The lowest BCUT2D eigenvalue weighted by atomic mass is 9.91. The number of ether oxygens (including phenoxy) is 3. The van der Waals surface area contributed by atoms with Gasteiger partial charge in [-0.1, -0.05) is 32.1 Å². The molecule has 6 nitrogen and oxygen atoms in total. The lowest BCUT2D eigenvalue weighted by Gasteiger charge is -2.40. The van der Waals surface area contributed by atoms with Crippen molar-refractivity contribution in [1.29, 1.82) is 0 Å². The molecule has 0 amide bonds. The molecule has 0 radical (unpaired) electrons. The van der Waals surface area contributed by atoms with Crippen molar-refractivity contribution in [2.24, 2.45) is 0 Å². The normalized spacial score (nSPS) is 23.8. The summed E-state index contributed by atoms with van der Waals surface area (Å²) in [4.78, 5) is 22.5. The van der Waals surface area contributed by atoms with Crippen LogP contribution in [-0.2, 0) is 23.8 Å². The van der Waals surface area contributed by atoms with E-state index in [1.54, 1.807) is 14.2 Å². The molecule has 1 aliphatic rings. The third-order valence-corrected chi connectivity index (χ3v) is 4.67. The average Bonchev–Trinajstić information content (AvgIpc) is 2.57. The molecule has 1 aliphatic carbocycles. The molecule has 1 saturated carbocycles. The Morgan fingerprint density at radius 2 is 1.62 bits per heavy atom. The molecule has 1 fully saturated rings. The summed E-state index contributed by atoms with van der Waals surface area (Å²) in [6.45, 7) is 0. The average molecular weight is 344 g/mol. The van der Waals surface area contributed by atoms with E-state index in [1.165, 1.54) is 0 Å². The van der Waals surface area contributed by atoms with Crippen molar-refractivity contribution in [1.82, 2.24) is 0 Å². The van der Waals surface area contributed by atoms with E-state index in [0.29, 0.717) is 12.8 Å². The maximum absolute atomic E-state index is 12.1. The van der Waals surface area contributed by atoms with Gasteiger partial charge in [-0.2, -0.15) is 0 Å². The van der Waals surface area contributed by atoms with Crippen LogP contribution in [0.1, 0.15) is 77.0 Å². The van der Waals surface area contributed by atoms with Crippen LogP contribution in [0.3, 0.4) is 0 Å². The van der Waals surface area contributed by atoms with Crippen LogP contribution in [0.5, 0.6) is 0 Å². The van der Waals surface area contributed by atoms with E-state index < -0.39 is 11.8 Å². The Morgan fingerprint density at radius 1 is 1.00 bits per heavy atom. The third kappa shape index (κ3) is 7.18. The van der Waals surface area contributed by atoms with Gasteiger partial charge in [-0.3, -0.25) is 9.59 Å². The highest BCUT2D eigenvalue weighted by atomic mass is 16.7. The number of carbonyl (C=O) groups excluding carboxylic acids is 1. The predicted octanol–water partition coefficient (Wildman–Crippen LogP) is 3.67. The molecule has 0 aromatic carbocycles. The van der Waals surface area contributed by atoms with Gasteiger partial charge in [0.1, 0.15) is 6.10 Å². The van der Waals surface area contributed by atoms with Gasteiger partial charge in [-0.25, -0.2) is 0 Å². The second-order valence-electron chi connectivity index (χ2n) is 6.48. The quantitative estimate of drug-likeness (QED) is 0.330. The summed E-state index contributed by atoms with van der Waals surface area (Å²) in [5.74, 6) is -1.89. The van der Waals surface area contributed by atoms with E-state index in [0.717, 1.165) is 57.8 Å². The summed E-state index contributed by atoms with van der Waals surface area (Å²) in [5, 5.41) is 8.56. The van der Waals surface area contributed by atoms with E-state index in [4.69, 9.17) is 19.3 Å². The Balaban J connectivity index is 2.19. The molecule has 24 heavy (non-hydrogen) atoms. The summed E-state index contributed by atoms with van der Waals surface area (Å²) in [6.07, 6.45) is 9.40. The fraction of sp³-hybridized carbons (Fsp3) is 0.889. The minimum atomic E-state index is -0.930. The predicted molar refractivity (Wildman–Crippen MR) is 89.7 cm³/mol. The Bertz CT molecular complexity index is 384. The van der Waals surface area contributed by atoms with Crippen molar-refractivity contribution in [3.05, 3.63) is 0 Å². The molecule has 0 aromatic rings. The van der Waals surface area contributed by atoms with E-state index >= 15 is 0 Å². The molecule has 1 N–H and O–H groups in total. The molecule has 0 spiro atoms. The van der Waals surface area contributed by atoms with Gasteiger partial charge in [0.05, 0.1) is 0 Å². The monoisotopic (exact) mass is 344 g/mol. The fourth-order valence-electron chi connectivity index (χ4n) is 3.27. The summed E-state index contributed by atoms with van der Waals surface area (Å²) < 4.78 is 16.6. The van der Waals surface area contributed by atoms with E-state index in [9.17, 15) is 9.59 Å². The lowest BCUT2D eigenvalue weighted by Crippen LogP contribution is -2.51. The first-order chi connectivity index (χ1) is 11.5. The number of carboxylic acids is 1. The maximum atomic E-state index is 12.1. The molecule has 0 saturated heterocycles. The topological polar surface area (TPSA) is 82.1 Å². The minimum Gasteiger partial charge on any atom is -0.481 e. The van der Waals surface area contributed by atoms with Crippen molar-refractivity contribution in [3.63, 3.8) is 0 Å². The van der Waals surface area contributed by atoms with Gasteiger partial charge in [0, 0.05) is 33.5 Å². The Kier molecular flexibility index (Phi) is 9.95. The molecule has 140 valence electrons. The number of hydrogen-bond acceptors (Lipinski definition) is 5. The zero-order valence-electron chi connectivity index (χ0n) is 15.1. The molecule has 2 atom stereocenters. The highest BCUT2D eigenvalue weighted by molar-refractivity contribution is 5.69. The van der Waals surface area contributed by atoms with Crippen LogP contribution >= 0.6 is 0 Å². The van der Waals surface area contributed by atoms with Crippen LogP contribution < -0.4 is 0 Å². The number of carbonyl (C=O) groups is 2. The zero-order valence-corrected chi connectivity index (χ0v) is 15.1. The van der Waals surface area contributed by atoms with Gasteiger partial charge in [0.25, 0.3) is 0 Å². The van der Waals surface area contributed by atoms with Gasteiger partial charge >= 0.3 is 11.9 Å². The number of carboxylic acid groups (broad SMARTS) is 1. The molecule has 0 aliphatic heterocycles. The van der Waals surface area contributed by atoms with Crippen LogP contribution in [0.15, 0.2) is 0 Å². The van der Waals surface area contributed by atoms with Crippen LogP contribution in [0, 0.1) is 0 Å². The van der Waals surface area contributed by atoms with Gasteiger partial charge in [-0.05, 0) is 25.7 Å². The van der Waals surface area contributed by atoms with Crippen molar-refractivity contribution < 1.29 is 28.9 Å². The van der Waals surface area contributed by atoms with Gasteiger partial charge in [-0.15, -0.1) is 0 Å². The molecule has 0 heterocycles. The Labute approximate surface area is 144 Å².